The molecule has 1 aliphatic rings. The lowest BCUT2D eigenvalue weighted by Gasteiger charge is -2.34. The lowest BCUT2D eigenvalue weighted by molar-refractivity contribution is -0.192. The van der Waals surface area contributed by atoms with Gasteiger partial charge in [0, 0.05) is 50.5 Å². The van der Waals surface area contributed by atoms with Crippen LogP contribution < -0.4 is 5.32 Å². The van der Waals surface area contributed by atoms with Crippen molar-refractivity contribution in [1.29, 1.82) is 0 Å². The maximum Gasteiger partial charge on any atom is 0.490 e. The van der Waals surface area contributed by atoms with Crippen molar-refractivity contribution in [3.05, 3.63) is 93.5 Å². The van der Waals surface area contributed by atoms with Crippen LogP contribution in [0.3, 0.4) is 0 Å². The second-order valence-corrected chi connectivity index (χ2v) is 9.62. The predicted octanol–water partition coefficient (Wildman–Crippen LogP) is 5.90. The molecule has 1 heterocycles. The van der Waals surface area contributed by atoms with Crippen LogP contribution >= 0.6 is 23.2 Å². The van der Waals surface area contributed by atoms with Crippen LogP contribution in [-0.4, -0.2) is 64.2 Å². The molecule has 3 aromatic carbocycles. The molecule has 3 N–H and O–H groups in total. The number of rotatable bonds is 6. The van der Waals surface area contributed by atoms with Crippen molar-refractivity contribution in [2.45, 2.75) is 19.3 Å². The number of hydrogen-bond donors (Lipinski definition) is 3. The summed E-state index contributed by atoms with van der Waals surface area (Å²) in [7, 11) is 0. The maximum atomic E-state index is 12.5. The molecule has 0 atom stereocenters. The number of anilines is 1. The number of aromatic hydroxyl groups is 1. The number of aliphatic carboxylic acids is 1. The van der Waals surface area contributed by atoms with E-state index >= 15 is 0 Å². The van der Waals surface area contributed by atoms with Crippen LogP contribution in [0.1, 0.15) is 21.5 Å². The largest absolute Gasteiger partial charge is 0.508 e. The third-order valence-electron chi connectivity index (χ3n) is 5.80. The summed E-state index contributed by atoms with van der Waals surface area (Å²) in [6.45, 7) is 5.57. The highest BCUT2D eigenvalue weighted by Gasteiger charge is 2.38. The Morgan fingerprint density at radius 3 is 1.87 bits per heavy atom. The van der Waals surface area contributed by atoms with Gasteiger partial charge in [-0.3, -0.25) is 14.6 Å². The Hall–Kier alpha value is -3.31. The van der Waals surface area contributed by atoms with E-state index in [0.29, 0.717) is 21.4 Å². The third-order valence-corrected chi connectivity index (χ3v) is 6.54. The highest BCUT2D eigenvalue weighted by molar-refractivity contribution is 6.42. The number of carbonyl (C=O) groups is 2. The Labute approximate surface area is 233 Å². The molecule has 7 nitrogen and oxygen atoms in total. The average Bonchev–Trinajstić information content (AvgIpc) is 2.87. The van der Waals surface area contributed by atoms with E-state index in [1.165, 1.54) is 0 Å². The van der Waals surface area contributed by atoms with Gasteiger partial charge in [-0.05, 0) is 53.6 Å². The van der Waals surface area contributed by atoms with Gasteiger partial charge in [0.25, 0.3) is 5.91 Å². The monoisotopic (exact) mass is 583 g/mol. The first kappa shape index (κ1) is 30.2. The van der Waals surface area contributed by atoms with Gasteiger partial charge in [-0.1, -0.05) is 47.5 Å². The van der Waals surface area contributed by atoms with Gasteiger partial charge in [-0.15, -0.1) is 0 Å². The van der Waals surface area contributed by atoms with E-state index in [1.807, 2.05) is 36.4 Å². The van der Waals surface area contributed by atoms with E-state index in [-0.39, 0.29) is 5.91 Å². The Kier molecular flexibility index (Phi) is 10.6. The average molecular weight is 584 g/mol. The fourth-order valence-corrected chi connectivity index (χ4v) is 4.16. The molecule has 0 unspecified atom stereocenters. The first-order chi connectivity index (χ1) is 18.4. The number of carboxylic acids is 1. The van der Waals surface area contributed by atoms with Crippen molar-refractivity contribution >= 4 is 40.8 Å². The lowest BCUT2D eigenvalue weighted by Crippen LogP contribution is -2.45. The van der Waals surface area contributed by atoms with Gasteiger partial charge >= 0.3 is 12.1 Å². The Morgan fingerprint density at radius 2 is 1.36 bits per heavy atom. The van der Waals surface area contributed by atoms with Gasteiger partial charge < -0.3 is 15.5 Å². The summed E-state index contributed by atoms with van der Waals surface area (Å²) in [5.74, 6) is -2.67. The normalized spacial score (nSPS) is 14.3. The van der Waals surface area contributed by atoms with Crippen LogP contribution in [0.25, 0.3) is 0 Å². The summed E-state index contributed by atoms with van der Waals surface area (Å²) in [5.41, 5.74) is 3.50. The molecule has 39 heavy (non-hydrogen) atoms. The second kappa shape index (κ2) is 13.7. The predicted molar refractivity (Wildman–Crippen MR) is 143 cm³/mol. The molecule has 0 aromatic heterocycles. The Bertz CT molecular complexity index is 1300. The second-order valence-electron chi connectivity index (χ2n) is 8.81. The van der Waals surface area contributed by atoms with E-state index in [1.54, 1.807) is 24.3 Å². The quantitative estimate of drug-likeness (QED) is 0.334. The van der Waals surface area contributed by atoms with Crippen molar-refractivity contribution in [3.8, 4) is 5.75 Å². The summed E-state index contributed by atoms with van der Waals surface area (Å²) in [4.78, 5) is 26.3. The molecule has 3 aromatic rings. The van der Waals surface area contributed by atoms with Gasteiger partial charge in [0.2, 0.25) is 0 Å². The van der Waals surface area contributed by atoms with Crippen molar-refractivity contribution < 1.29 is 33.0 Å². The number of halogens is 5. The SMILES string of the molecule is O=C(Nc1cccc(CN2CCN(Cc3cccc(O)c3)CC2)c1)c1ccc(Cl)c(Cl)c1.O=C(O)C(F)(F)F. The number of nitrogens with one attached hydrogen (secondary N) is 1. The number of phenolic OH excluding ortho intramolecular Hbond substituents is 1. The van der Waals surface area contributed by atoms with Crippen LogP contribution in [0.4, 0.5) is 18.9 Å². The fraction of sp³-hybridized carbons (Fsp3) is 0.259. The number of hydrogen-bond acceptors (Lipinski definition) is 5. The molecule has 1 saturated heterocycles. The van der Waals surface area contributed by atoms with Crippen molar-refractivity contribution in [2.75, 3.05) is 31.5 Å². The lowest BCUT2D eigenvalue weighted by atomic mass is 10.1. The van der Waals surface area contributed by atoms with E-state index < -0.39 is 12.1 Å². The van der Waals surface area contributed by atoms with Gasteiger partial charge in [0.05, 0.1) is 10.0 Å². The molecule has 208 valence electrons. The number of alkyl halides is 3. The van der Waals surface area contributed by atoms with Gasteiger partial charge in [-0.2, -0.15) is 13.2 Å². The molecular formula is C27H26Cl2F3N3O4. The van der Waals surface area contributed by atoms with Crippen molar-refractivity contribution in [3.63, 3.8) is 0 Å². The molecule has 1 fully saturated rings. The summed E-state index contributed by atoms with van der Waals surface area (Å²) in [6.07, 6.45) is -5.08. The van der Waals surface area contributed by atoms with E-state index in [0.717, 1.165) is 56.1 Å². The molecule has 0 saturated carbocycles. The zero-order valence-electron chi connectivity index (χ0n) is 20.6. The molecule has 0 bridgehead atoms. The molecule has 0 spiro atoms. The van der Waals surface area contributed by atoms with Crippen LogP contribution in [0, 0.1) is 0 Å². The molecule has 12 heteroatoms. The van der Waals surface area contributed by atoms with Crippen LogP contribution in [0.15, 0.2) is 66.7 Å². The van der Waals surface area contributed by atoms with E-state index in [9.17, 15) is 23.1 Å². The zero-order valence-corrected chi connectivity index (χ0v) is 22.1. The number of benzene rings is 3. The van der Waals surface area contributed by atoms with E-state index in [4.69, 9.17) is 33.1 Å². The minimum atomic E-state index is -5.08. The summed E-state index contributed by atoms with van der Waals surface area (Å²) < 4.78 is 31.7. The highest BCUT2D eigenvalue weighted by Crippen LogP contribution is 2.23. The first-order valence-electron chi connectivity index (χ1n) is 11.8. The Balaban J connectivity index is 0.000000532. The van der Waals surface area contributed by atoms with Crippen LogP contribution in [-0.2, 0) is 17.9 Å². The van der Waals surface area contributed by atoms with Gasteiger partial charge in [0.1, 0.15) is 5.75 Å². The molecule has 0 radical (unpaired) electrons. The standard InChI is InChI=1S/C25H25Cl2N3O2.C2HF3O2/c26-23-8-7-20(15-24(23)27)25(32)28-21-5-1-3-18(13-21)16-29-9-11-30(12-10-29)17-19-4-2-6-22(31)14-19;3-2(4,5)1(6)7/h1-8,13-15,31H,9-12,16-17H2,(H,28,32);(H,6,7). The summed E-state index contributed by atoms with van der Waals surface area (Å²) in [5, 5.41) is 20.5. The van der Waals surface area contributed by atoms with Crippen molar-refractivity contribution in [1.82, 2.24) is 9.80 Å². The van der Waals surface area contributed by atoms with Crippen LogP contribution in [0.2, 0.25) is 10.0 Å². The van der Waals surface area contributed by atoms with E-state index in [2.05, 4.69) is 21.2 Å². The van der Waals surface area contributed by atoms with Crippen LogP contribution in [0.5, 0.6) is 5.75 Å². The Morgan fingerprint density at radius 1 is 0.821 bits per heavy atom. The number of phenols is 1. The fourth-order valence-electron chi connectivity index (χ4n) is 3.86. The highest BCUT2D eigenvalue weighted by atomic mass is 35.5. The summed E-state index contributed by atoms with van der Waals surface area (Å²) in [6, 6.07) is 20.2. The van der Waals surface area contributed by atoms with Gasteiger partial charge in [-0.25, -0.2) is 4.79 Å². The number of carbonyl (C=O) groups excluding carboxylic acids is 1. The molecule has 1 aliphatic heterocycles. The number of amides is 1. The zero-order chi connectivity index (χ0) is 28.6. The number of nitrogens with zero attached hydrogens (tertiary/aromatic N) is 2. The number of piperazine rings is 1. The maximum absolute atomic E-state index is 12.5. The molecular weight excluding hydrogens is 558 g/mol. The topological polar surface area (TPSA) is 93.1 Å². The molecule has 1 amide bonds. The molecule has 0 aliphatic carbocycles. The minimum absolute atomic E-state index is 0.221. The van der Waals surface area contributed by atoms with Crippen molar-refractivity contribution in [2.24, 2.45) is 0 Å². The number of carboxylic acid groups (broad SMARTS) is 1. The third kappa shape index (κ3) is 9.74. The first-order valence-corrected chi connectivity index (χ1v) is 12.5. The minimum Gasteiger partial charge on any atom is -0.508 e. The van der Waals surface area contributed by atoms with Gasteiger partial charge in [0.15, 0.2) is 0 Å². The molecule has 4 rings (SSSR count). The smallest absolute Gasteiger partial charge is 0.490 e. The summed E-state index contributed by atoms with van der Waals surface area (Å²) >= 11 is 12.0.